The second-order valence-corrected chi connectivity index (χ2v) is 4.21. The molecule has 1 rings (SSSR count). The Labute approximate surface area is 115 Å². The van der Waals surface area contributed by atoms with E-state index in [0.29, 0.717) is 11.5 Å². The zero-order valence-corrected chi connectivity index (χ0v) is 11.1. The van der Waals surface area contributed by atoms with Gasteiger partial charge in [0.1, 0.15) is 24.2 Å². The second kappa shape index (κ2) is 7.96. The number of hydrogen-bond acceptors (Lipinski definition) is 4. The number of hydrogen-bond donors (Lipinski definition) is 2. The highest BCUT2D eigenvalue weighted by Crippen LogP contribution is 2.19. The number of halogens is 3. The first-order valence-corrected chi connectivity index (χ1v) is 6.13. The molecule has 0 saturated carbocycles. The third-order valence-corrected chi connectivity index (χ3v) is 2.45. The zero-order valence-electron chi connectivity index (χ0n) is 11.1. The fourth-order valence-electron chi connectivity index (χ4n) is 1.44. The zero-order chi connectivity index (χ0) is 15.0. The van der Waals surface area contributed by atoms with Crippen LogP contribution in [0.25, 0.3) is 0 Å². The van der Waals surface area contributed by atoms with Crippen LogP contribution in [0.15, 0.2) is 24.3 Å². The van der Waals surface area contributed by atoms with Gasteiger partial charge in [0.15, 0.2) is 0 Å². The van der Waals surface area contributed by atoms with Crippen LogP contribution in [0.4, 0.5) is 13.2 Å². The SMILES string of the molecule is COc1cccc(OCC(O)CNCCC(F)(F)F)c1. The Hall–Kier alpha value is -1.47. The molecular weight excluding hydrogens is 275 g/mol. The Kier molecular flexibility index (Phi) is 6.60. The van der Waals surface area contributed by atoms with Crippen molar-refractivity contribution < 1.29 is 27.8 Å². The van der Waals surface area contributed by atoms with Crippen molar-refractivity contribution in [2.24, 2.45) is 0 Å². The number of methoxy groups -OCH3 is 1. The lowest BCUT2D eigenvalue weighted by molar-refractivity contribution is -0.133. The lowest BCUT2D eigenvalue weighted by atomic mass is 10.3. The van der Waals surface area contributed by atoms with E-state index in [2.05, 4.69) is 5.32 Å². The molecule has 0 aromatic heterocycles. The monoisotopic (exact) mass is 293 g/mol. The van der Waals surface area contributed by atoms with E-state index < -0.39 is 18.7 Å². The molecule has 0 aliphatic carbocycles. The van der Waals surface area contributed by atoms with Crippen LogP contribution in [0.2, 0.25) is 0 Å². The van der Waals surface area contributed by atoms with E-state index in [-0.39, 0.29) is 19.7 Å². The van der Waals surface area contributed by atoms with Crippen molar-refractivity contribution in [1.29, 1.82) is 0 Å². The maximum absolute atomic E-state index is 11.9. The van der Waals surface area contributed by atoms with Crippen LogP contribution in [-0.2, 0) is 0 Å². The third kappa shape index (κ3) is 7.20. The quantitative estimate of drug-likeness (QED) is 0.720. The van der Waals surface area contributed by atoms with Gasteiger partial charge in [-0.25, -0.2) is 0 Å². The van der Waals surface area contributed by atoms with Crippen LogP contribution in [0, 0.1) is 0 Å². The van der Waals surface area contributed by atoms with E-state index in [4.69, 9.17) is 9.47 Å². The average molecular weight is 293 g/mol. The first-order valence-electron chi connectivity index (χ1n) is 6.13. The van der Waals surface area contributed by atoms with Crippen molar-refractivity contribution in [2.75, 3.05) is 26.8 Å². The molecule has 0 amide bonds. The number of aliphatic hydroxyl groups is 1. The van der Waals surface area contributed by atoms with E-state index in [0.717, 1.165) is 0 Å². The van der Waals surface area contributed by atoms with Crippen LogP contribution in [0.1, 0.15) is 6.42 Å². The molecule has 114 valence electrons. The molecule has 1 aromatic rings. The summed E-state index contributed by atoms with van der Waals surface area (Å²) in [6.07, 6.45) is -5.99. The summed E-state index contributed by atoms with van der Waals surface area (Å²) < 4.78 is 46.0. The molecule has 1 unspecified atom stereocenters. The Bertz CT molecular complexity index is 399. The number of nitrogens with one attached hydrogen (secondary N) is 1. The fraction of sp³-hybridized carbons (Fsp3) is 0.538. The van der Waals surface area contributed by atoms with E-state index >= 15 is 0 Å². The molecule has 0 bridgehead atoms. The van der Waals surface area contributed by atoms with Crippen LogP contribution >= 0.6 is 0 Å². The number of alkyl halides is 3. The summed E-state index contributed by atoms with van der Waals surface area (Å²) in [5.74, 6) is 1.15. The molecule has 0 aliphatic heterocycles. The molecule has 1 atom stereocenters. The van der Waals surface area contributed by atoms with Crippen LogP contribution in [0.5, 0.6) is 11.5 Å². The number of ether oxygens (including phenoxy) is 2. The van der Waals surface area contributed by atoms with Gasteiger partial charge in [-0.15, -0.1) is 0 Å². The smallest absolute Gasteiger partial charge is 0.390 e. The predicted octanol–water partition coefficient (Wildman–Crippen LogP) is 1.98. The van der Waals surface area contributed by atoms with Crippen molar-refractivity contribution in [1.82, 2.24) is 5.32 Å². The average Bonchev–Trinajstić information content (AvgIpc) is 2.40. The molecule has 0 radical (unpaired) electrons. The standard InChI is InChI=1S/C13H18F3NO3/c1-19-11-3-2-4-12(7-11)20-9-10(18)8-17-6-5-13(14,15)16/h2-4,7,10,17-18H,5-6,8-9H2,1H3. The van der Waals surface area contributed by atoms with Gasteiger partial charge < -0.3 is 19.9 Å². The topological polar surface area (TPSA) is 50.7 Å². The van der Waals surface area contributed by atoms with Gasteiger partial charge in [0.2, 0.25) is 0 Å². The summed E-state index contributed by atoms with van der Waals surface area (Å²) in [7, 11) is 1.53. The van der Waals surface area contributed by atoms with Crippen molar-refractivity contribution in [3.05, 3.63) is 24.3 Å². The molecule has 0 spiro atoms. The summed E-state index contributed by atoms with van der Waals surface area (Å²) in [5.41, 5.74) is 0. The third-order valence-electron chi connectivity index (χ3n) is 2.45. The highest BCUT2D eigenvalue weighted by atomic mass is 19.4. The molecule has 1 aromatic carbocycles. The normalized spacial score (nSPS) is 13.1. The molecule has 4 nitrogen and oxygen atoms in total. The minimum absolute atomic E-state index is 0.00775. The minimum Gasteiger partial charge on any atom is -0.497 e. The van der Waals surface area contributed by atoms with Crippen molar-refractivity contribution >= 4 is 0 Å². The van der Waals surface area contributed by atoms with Crippen molar-refractivity contribution in [2.45, 2.75) is 18.7 Å². The Morgan fingerprint density at radius 2 is 2.00 bits per heavy atom. The molecule has 7 heteroatoms. The van der Waals surface area contributed by atoms with E-state index in [9.17, 15) is 18.3 Å². The maximum Gasteiger partial charge on any atom is 0.390 e. The van der Waals surface area contributed by atoms with Gasteiger partial charge in [-0.05, 0) is 12.1 Å². The van der Waals surface area contributed by atoms with Gasteiger partial charge in [0.05, 0.1) is 13.5 Å². The van der Waals surface area contributed by atoms with Gasteiger partial charge in [0.25, 0.3) is 0 Å². The van der Waals surface area contributed by atoms with Crippen LogP contribution < -0.4 is 14.8 Å². The van der Waals surface area contributed by atoms with Crippen molar-refractivity contribution in [3.8, 4) is 11.5 Å². The first-order chi connectivity index (χ1) is 9.40. The lowest BCUT2D eigenvalue weighted by Gasteiger charge is -2.14. The van der Waals surface area contributed by atoms with E-state index in [1.54, 1.807) is 24.3 Å². The van der Waals surface area contributed by atoms with E-state index in [1.807, 2.05) is 0 Å². The largest absolute Gasteiger partial charge is 0.497 e. The van der Waals surface area contributed by atoms with E-state index in [1.165, 1.54) is 7.11 Å². The Morgan fingerprint density at radius 3 is 2.65 bits per heavy atom. The van der Waals surface area contributed by atoms with Gasteiger partial charge in [-0.2, -0.15) is 13.2 Å². The first kappa shape index (κ1) is 16.6. The van der Waals surface area contributed by atoms with Crippen LogP contribution in [0.3, 0.4) is 0 Å². The summed E-state index contributed by atoms with van der Waals surface area (Å²) in [4.78, 5) is 0. The highest BCUT2D eigenvalue weighted by molar-refractivity contribution is 5.32. The molecule has 20 heavy (non-hydrogen) atoms. The number of aliphatic hydroxyl groups excluding tert-OH is 1. The van der Waals surface area contributed by atoms with Crippen LogP contribution in [-0.4, -0.2) is 44.2 Å². The van der Waals surface area contributed by atoms with Gasteiger partial charge in [0, 0.05) is 19.2 Å². The fourth-order valence-corrected chi connectivity index (χ4v) is 1.44. The molecular formula is C13H18F3NO3. The molecule has 0 aliphatic rings. The minimum atomic E-state index is -4.19. The summed E-state index contributed by atoms with van der Waals surface area (Å²) in [6.45, 7) is -0.189. The molecule has 0 fully saturated rings. The number of benzene rings is 1. The highest BCUT2D eigenvalue weighted by Gasteiger charge is 2.26. The van der Waals surface area contributed by atoms with Gasteiger partial charge in [-0.3, -0.25) is 0 Å². The maximum atomic E-state index is 11.9. The summed E-state index contributed by atoms with van der Waals surface area (Å²) >= 11 is 0. The lowest BCUT2D eigenvalue weighted by Crippen LogP contribution is -2.33. The molecule has 2 N–H and O–H groups in total. The Balaban J connectivity index is 2.20. The predicted molar refractivity (Wildman–Crippen MR) is 68.0 cm³/mol. The van der Waals surface area contributed by atoms with Crippen molar-refractivity contribution in [3.63, 3.8) is 0 Å². The molecule has 0 heterocycles. The van der Waals surface area contributed by atoms with Gasteiger partial charge in [-0.1, -0.05) is 6.07 Å². The summed E-state index contributed by atoms with van der Waals surface area (Å²) in [5, 5.41) is 12.1. The summed E-state index contributed by atoms with van der Waals surface area (Å²) in [6, 6.07) is 6.85. The van der Waals surface area contributed by atoms with Gasteiger partial charge >= 0.3 is 6.18 Å². The Morgan fingerprint density at radius 1 is 1.30 bits per heavy atom. The second-order valence-electron chi connectivity index (χ2n) is 4.21. The number of rotatable bonds is 8. The molecule has 0 saturated heterocycles.